The van der Waals surface area contributed by atoms with Gasteiger partial charge in [0.2, 0.25) is 5.91 Å². The molecule has 1 heterocycles. The van der Waals surface area contributed by atoms with Crippen LogP contribution >= 0.6 is 0 Å². The quantitative estimate of drug-likeness (QED) is 0.579. The molecule has 68 valence electrons. The van der Waals surface area contributed by atoms with E-state index in [1.807, 2.05) is 0 Å². The third kappa shape index (κ3) is 1.49. The summed E-state index contributed by atoms with van der Waals surface area (Å²) in [5.41, 5.74) is 0. The Kier molecular flexibility index (Phi) is 2.52. The van der Waals surface area contributed by atoms with Gasteiger partial charge in [-0.3, -0.25) is 9.69 Å². The zero-order valence-corrected chi connectivity index (χ0v) is 6.91. The van der Waals surface area contributed by atoms with Gasteiger partial charge in [-0.05, 0) is 6.42 Å². The molecule has 1 aliphatic rings. The molecule has 0 bridgehead atoms. The fraction of sp³-hybridized carbons (Fsp3) is 0.714. The summed E-state index contributed by atoms with van der Waals surface area (Å²) in [4.78, 5) is 22.9. The first kappa shape index (κ1) is 8.83. The van der Waals surface area contributed by atoms with Crippen LogP contribution in [0.25, 0.3) is 0 Å². The Hall–Kier alpha value is -1.26. The highest BCUT2D eigenvalue weighted by atomic mass is 16.4. The van der Waals surface area contributed by atoms with Crippen LogP contribution in [0, 0.1) is 0 Å². The molecule has 1 saturated heterocycles. The molecule has 1 atom stereocenters. The van der Waals surface area contributed by atoms with Crippen LogP contribution in [0.1, 0.15) is 13.3 Å². The van der Waals surface area contributed by atoms with E-state index in [4.69, 9.17) is 5.11 Å². The summed E-state index contributed by atoms with van der Waals surface area (Å²) in [5.74, 6) is -0.189. The minimum Gasteiger partial charge on any atom is -0.465 e. The Morgan fingerprint density at radius 3 is 2.92 bits per heavy atom. The van der Waals surface area contributed by atoms with Crippen molar-refractivity contribution in [3.8, 4) is 0 Å². The zero-order valence-electron chi connectivity index (χ0n) is 6.91. The van der Waals surface area contributed by atoms with Gasteiger partial charge in [0, 0.05) is 13.1 Å². The van der Waals surface area contributed by atoms with Crippen molar-refractivity contribution in [3.05, 3.63) is 0 Å². The zero-order chi connectivity index (χ0) is 9.14. The number of amides is 2. The van der Waals surface area contributed by atoms with Gasteiger partial charge < -0.3 is 10.4 Å². The summed E-state index contributed by atoms with van der Waals surface area (Å²) in [6.45, 7) is 2.60. The lowest BCUT2D eigenvalue weighted by molar-refractivity contribution is -0.128. The van der Waals surface area contributed by atoms with E-state index in [1.165, 1.54) is 4.90 Å². The third-order valence-electron chi connectivity index (χ3n) is 1.96. The summed E-state index contributed by atoms with van der Waals surface area (Å²) in [5, 5.41) is 11.3. The molecule has 5 heteroatoms. The number of carbonyl (C=O) groups excluding carboxylic acids is 1. The predicted molar refractivity (Wildman–Crippen MR) is 41.8 cm³/mol. The minimum atomic E-state index is -1.02. The maximum absolute atomic E-state index is 11.1. The Morgan fingerprint density at radius 2 is 2.50 bits per heavy atom. The number of rotatable bonds is 1. The highest BCUT2D eigenvalue weighted by molar-refractivity contribution is 5.86. The third-order valence-corrected chi connectivity index (χ3v) is 1.96. The van der Waals surface area contributed by atoms with Crippen molar-refractivity contribution >= 4 is 12.0 Å². The molecule has 0 radical (unpaired) electrons. The van der Waals surface area contributed by atoms with Gasteiger partial charge in [0.25, 0.3) is 0 Å². The van der Waals surface area contributed by atoms with Crippen LogP contribution in [0.4, 0.5) is 4.79 Å². The molecular formula is C7H12N2O3. The van der Waals surface area contributed by atoms with Crippen molar-refractivity contribution in [1.29, 1.82) is 0 Å². The predicted octanol–water partition coefficient (Wildman–Crippen LogP) is -0.125. The Bertz CT molecular complexity index is 205. The lowest BCUT2D eigenvalue weighted by Crippen LogP contribution is -2.56. The maximum Gasteiger partial charge on any atom is 0.408 e. The lowest BCUT2D eigenvalue weighted by Gasteiger charge is -2.31. The van der Waals surface area contributed by atoms with E-state index < -0.39 is 12.1 Å². The monoisotopic (exact) mass is 172 g/mol. The number of carboxylic acid groups (broad SMARTS) is 1. The van der Waals surface area contributed by atoms with Crippen LogP contribution in [-0.2, 0) is 4.79 Å². The van der Waals surface area contributed by atoms with Crippen LogP contribution in [0.3, 0.4) is 0 Å². The second kappa shape index (κ2) is 3.42. The standard InChI is InChI=1S/C7H12N2O3/c1-2-5-6(10)8-3-4-9(5)7(11)12/h5H,2-4H2,1H3,(H,8,10)(H,11,12). The van der Waals surface area contributed by atoms with E-state index in [0.717, 1.165) is 0 Å². The highest BCUT2D eigenvalue weighted by Gasteiger charge is 2.30. The van der Waals surface area contributed by atoms with E-state index in [0.29, 0.717) is 19.5 Å². The van der Waals surface area contributed by atoms with Gasteiger partial charge in [-0.15, -0.1) is 0 Å². The maximum atomic E-state index is 11.1. The fourth-order valence-corrected chi connectivity index (χ4v) is 1.35. The topological polar surface area (TPSA) is 69.6 Å². The fourth-order valence-electron chi connectivity index (χ4n) is 1.35. The summed E-state index contributed by atoms with van der Waals surface area (Å²) in [6.07, 6.45) is -0.491. The molecule has 1 fully saturated rings. The minimum absolute atomic E-state index is 0.189. The molecule has 2 N–H and O–H groups in total. The number of hydrogen-bond acceptors (Lipinski definition) is 2. The molecule has 2 amide bonds. The van der Waals surface area contributed by atoms with Crippen LogP contribution < -0.4 is 5.32 Å². The molecule has 0 aromatic heterocycles. The number of carbonyl (C=O) groups is 2. The van der Waals surface area contributed by atoms with E-state index in [-0.39, 0.29) is 5.91 Å². The van der Waals surface area contributed by atoms with Gasteiger partial charge in [-0.1, -0.05) is 6.92 Å². The van der Waals surface area contributed by atoms with Crippen LogP contribution in [-0.4, -0.2) is 41.1 Å². The highest BCUT2D eigenvalue weighted by Crippen LogP contribution is 2.07. The van der Waals surface area contributed by atoms with E-state index in [2.05, 4.69) is 5.32 Å². The Balaban J connectivity index is 2.70. The van der Waals surface area contributed by atoms with Crippen molar-refractivity contribution < 1.29 is 14.7 Å². The Morgan fingerprint density at radius 1 is 1.83 bits per heavy atom. The average molecular weight is 172 g/mol. The molecule has 1 aliphatic heterocycles. The second-order valence-electron chi connectivity index (χ2n) is 2.69. The average Bonchev–Trinajstić information content (AvgIpc) is 2.03. The first-order chi connectivity index (χ1) is 5.66. The first-order valence-corrected chi connectivity index (χ1v) is 3.94. The van der Waals surface area contributed by atoms with E-state index in [9.17, 15) is 9.59 Å². The molecule has 0 aromatic carbocycles. The van der Waals surface area contributed by atoms with Crippen molar-refractivity contribution in [2.24, 2.45) is 0 Å². The lowest BCUT2D eigenvalue weighted by atomic mass is 10.1. The molecule has 1 rings (SSSR count). The normalized spacial score (nSPS) is 23.6. The number of piperazine rings is 1. The van der Waals surface area contributed by atoms with Gasteiger partial charge in [0.15, 0.2) is 0 Å². The van der Waals surface area contributed by atoms with Crippen molar-refractivity contribution in [2.75, 3.05) is 13.1 Å². The molecule has 0 saturated carbocycles. The van der Waals surface area contributed by atoms with E-state index >= 15 is 0 Å². The van der Waals surface area contributed by atoms with Gasteiger partial charge in [0.05, 0.1) is 0 Å². The second-order valence-corrected chi connectivity index (χ2v) is 2.69. The summed E-state index contributed by atoms with van der Waals surface area (Å²) in [7, 11) is 0. The SMILES string of the molecule is CCC1C(=O)NCCN1C(=O)O. The van der Waals surface area contributed by atoms with Crippen LogP contribution in [0.5, 0.6) is 0 Å². The molecule has 1 unspecified atom stereocenters. The van der Waals surface area contributed by atoms with Crippen molar-refractivity contribution in [2.45, 2.75) is 19.4 Å². The molecule has 0 aliphatic carbocycles. The molecule has 0 spiro atoms. The number of nitrogens with one attached hydrogen (secondary N) is 1. The van der Waals surface area contributed by atoms with Crippen LogP contribution in [0.15, 0.2) is 0 Å². The summed E-state index contributed by atoms with van der Waals surface area (Å²) < 4.78 is 0. The number of hydrogen-bond donors (Lipinski definition) is 2. The molecule has 5 nitrogen and oxygen atoms in total. The first-order valence-electron chi connectivity index (χ1n) is 3.94. The summed E-state index contributed by atoms with van der Waals surface area (Å²) in [6, 6.07) is -0.503. The van der Waals surface area contributed by atoms with Crippen molar-refractivity contribution in [1.82, 2.24) is 10.2 Å². The van der Waals surface area contributed by atoms with Crippen molar-refractivity contribution in [3.63, 3.8) is 0 Å². The van der Waals surface area contributed by atoms with Gasteiger partial charge in [-0.2, -0.15) is 0 Å². The summed E-state index contributed by atoms with van der Waals surface area (Å²) >= 11 is 0. The molecule has 12 heavy (non-hydrogen) atoms. The van der Waals surface area contributed by atoms with Gasteiger partial charge in [-0.25, -0.2) is 4.79 Å². The van der Waals surface area contributed by atoms with Gasteiger partial charge in [0.1, 0.15) is 6.04 Å². The van der Waals surface area contributed by atoms with Gasteiger partial charge >= 0.3 is 6.09 Å². The Labute approximate surface area is 70.4 Å². The van der Waals surface area contributed by atoms with Crippen LogP contribution in [0.2, 0.25) is 0 Å². The largest absolute Gasteiger partial charge is 0.465 e. The molecular weight excluding hydrogens is 160 g/mol. The molecule has 0 aromatic rings. The smallest absolute Gasteiger partial charge is 0.408 e. The number of nitrogens with zero attached hydrogens (tertiary/aromatic N) is 1. The van der Waals surface area contributed by atoms with E-state index in [1.54, 1.807) is 6.92 Å².